The summed E-state index contributed by atoms with van der Waals surface area (Å²) in [5, 5.41) is 0. The Kier molecular flexibility index (Phi) is 60.8. The fraction of sp³-hybridized carbons (Fsp3) is 0.676. The van der Waals surface area contributed by atoms with E-state index in [0.717, 1.165) is 83.5 Å². The fourth-order valence-corrected chi connectivity index (χ4v) is 8.74. The molecule has 0 aliphatic carbocycles. The van der Waals surface area contributed by atoms with Gasteiger partial charge in [0.15, 0.2) is 6.10 Å². The van der Waals surface area contributed by atoms with Crippen molar-refractivity contribution in [2.45, 2.75) is 297 Å². The minimum absolute atomic E-state index is 0.0849. The summed E-state index contributed by atoms with van der Waals surface area (Å²) in [5.74, 6) is -1.10. The quantitative estimate of drug-likeness (QED) is 0.0261. The Morgan fingerprint density at radius 2 is 0.545 bits per heavy atom. The largest absolute Gasteiger partial charge is 0.462 e. The van der Waals surface area contributed by atoms with Gasteiger partial charge in [-0.3, -0.25) is 14.4 Å². The molecule has 0 aliphatic heterocycles. The van der Waals surface area contributed by atoms with E-state index in [2.05, 4.69) is 130 Å². The predicted octanol–water partition coefficient (Wildman–Crippen LogP) is 22.0. The summed E-state index contributed by atoms with van der Waals surface area (Å²) >= 11 is 0. The Labute approximate surface area is 475 Å². The van der Waals surface area contributed by atoms with Gasteiger partial charge in [0.25, 0.3) is 0 Å². The molecule has 0 radical (unpaired) electrons. The van der Waals surface area contributed by atoms with Crippen molar-refractivity contribution >= 4 is 17.9 Å². The summed E-state index contributed by atoms with van der Waals surface area (Å²) < 4.78 is 16.7. The molecule has 0 aromatic rings. The van der Waals surface area contributed by atoms with Gasteiger partial charge in [0.05, 0.1) is 6.42 Å². The van der Waals surface area contributed by atoms with Crippen LogP contribution in [0.5, 0.6) is 0 Å². The highest BCUT2D eigenvalue weighted by molar-refractivity contribution is 5.72. The Balaban J connectivity index is 4.32. The van der Waals surface area contributed by atoms with Crippen LogP contribution in [0.3, 0.4) is 0 Å². The zero-order chi connectivity index (χ0) is 55.7. The summed E-state index contributed by atoms with van der Waals surface area (Å²) in [7, 11) is 0. The second-order valence-electron chi connectivity index (χ2n) is 20.9. The third-order valence-corrected chi connectivity index (χ3v) is 13.5. The molecule has 0 aromatic carbocycles. The van der Waals surface area contributed by atoms with E-state index in [0.29, 0.717) is 19.3 Å². The lowest BCUT2D eigenvalue weighted by Gasteiger charge is -2.18. The second kappa shape index (κ2) is 64.3. The van der Waals surface area contributed by atoms with Crippen molar-refractivity contribution in [1.82, 2.24) is 0 Å². The molecular weight excluding hydrogens is 949 g/mol. The van der Waals surface area contributed by atoms with E-state index in [1.54, 1.807) is 6.08 Å². The Hall–Kier alpha value is -4.19. The first-order valence-electron chi connectivity index (χ1n) is 32.0. The van der Waals surface area contributed by atoms with Crippen molar-refractivity contribution in [3.8, 4) is 0 Å². The lowest BCUT2D eigenvalue weighted by molar-refractivity contribution is -0.166. The predicted molar refractivity (Wildman–Crippen MR) is 334 cm³/mol. The van der Waals surface area contributed by atoms with Crippen molar-refractivity contribution in [3.63, 3.8) is 0 Å². The molecule has 0 saturated carbocycles. The highest BCUT2D eigenvalue weighted by atomic mass is 16.6. The average molecular weight is 1070 g/mol. The van der Waals surface area contributed by atoms with Gasteiger partial charge in [0, 0.05) is 12.8 Å². The minimum atomic E-state index is -0.853. The van der Waals surface area contributed by atoms with Crippen LogP contribution in [0.2, 0.25) is 0 Å². The molecule has 1 unspecified atom stereocenters. The van der Waals surface area contributed by atoms with Crippen LogP contribution in [-0.4, -0.2) is 37.2 Å². The van der Waals surface area contributed by atoms with Gasteiger partial charge in [-0.2, -0.15) is 0 Å². The van der Waals surface area contributed by atoms with E-state index >= 15 is 0 Å². The molecule has 6 heteroatoms. The molecule has 0 bridgehead atoms. The van der Waals surface area contributed by atoms with Gasteiger partial charge in [-0.05, 0) is 109 Å². The highest BCUT2D eigenvalue weighted by Crippen LogP contribution is 2.16. The SMILES string of the molecule is CC/C=C\C/C=C\C/C=C\C/C=C\C/C=C\CC(=O)OC(COC(=O)CCCC/C=C\C/C=C\C/C=C\C/C=C\CC)COC(=O)CCCCCCCCCCCCCCCCCCC/C=C\CCCCCCCCCC. The van der Waals surface area contributed by atoms with Crippen LogP contribution >= 0.6 is 0 Å². The smallest absolute Gasteiger partial charge is 0.310 e. The number of hydrogen-bond donors (Lipinski definition) is 0. The van der Waals surface area contributed by atoms with Gasteiger partial charge in [-0.15, -0.1) is 0 Å². The first-order chi connectivity index (χ1) is 38.0. The molecule has 0 rings (SSSR count). The van der Waals surface area contributed by atoms with Crippen LogP contribution in [0, 0.1) is 0 Å². The van der Waals surface area contributed by atoms with Crippen molar-refractivity contribution in [3.05, 3.63) is 122 Å². The lowest BCUT2D eigenvalue weighted by Crippen LogP contribution is -2.30. The van der Waals surface area contributed by atoms with Crippen LogP contribution in [-0.2, 0) is 28.6 Å². The lowest BCUT2D eigenvalue weighted by atomic mass is 10.0. The second-order valence-corrected chi connectivity index (χ2v) is 20.9. The number of esters is 3. The molecule has 1 atom stereocenters. The normalized spacial score (nSPS) is 12.9. The maximum atomic E-state index is 12.8. The van der Waals surface area contributed by atoms with Gasteiger partial charge in [0.1, 0.15) is 13.2 Å². The average Bonchev–Trinajstić information content (AvgIpc) is 3.43. The van der Waals surface area contributed by atoms with Crippen molar-refractivity contribution in [1.29, 1.82) is 0 Å². The molecule has 0 aromatic heterocycles. The van der Waals surface area contributed by atoms with Crippen LogP contribution in [0.15, 0.2) is 122 Å². The number of carbonyl (C=O) groups is 3. The van der Waals surface area contributed by atoms with E-state index in [1.165, 1.54) is 154 Å². The molecule has 0 spiro atoms. The zero-order valence-electron chi connectivity index (χ0n) is 50.2. The number of carbonyl (C=O) groups excluding carboxylic acids is 3. The number of ether oxygens (including phenoxy) is 3. The third kappa shape index (κ3) is 62.5. The van der Waals surface area contributed by atoms with E-state index in [9.17, 15) is 14.4 Å². The summed E-state index contributed by atoms with van der Waals surface area (Å²) in [4.78, 5) is 38.2. The van der Waals surface area contributed by atoms with Crippen LogP contribution < -0.4 is 0 Å². The van der Waals surface area contributed by atoms with Crippen LogP contribution in [0.1, 0.15) is 290 Å². The molecule has 0 amide bonds. The van der Waals surface area contributed by atoms with Gasteiger partial charge in [-0.1, -0.05) is 284 Å². The van der Waals surface area contributed by atoms with Gasteiger partial charge >= 0.3 is 17.9 Å². The molecule has 0 heterocycles. The van der Waals surface area contributed by atoms with E-state index in [4.69, 9.17) is 14.2 Å². The molecule has 0 aliphatic rings. The van der Waals surface area contributed by atoms with Crippen molar-refractivity contribution in [2.24, 2.45) is 0 Å². The van der Waals surface area contributed by atoms with Crippen molar-refractivity contribution < 1.29 is 28.6 Å². The van der Waals surface area contributed by atoms with E-state index in [-0.39, 0.29) is 38.0 Å². The Morgan fingerprint density at radius 3 is 0.896 bits per heavy atom. The molecule has 0 fully saturated rings. The van der Waals surface area contributed by atoms with E-state index in [1.807, 2.05) is 6.08 Å². The first kappa shape index (κ1) is 72.8. The maximum absolute atomic E-state index is 12.8. The van der Waals surface area contributed by atoms with Gasteiger partial charge < -0.3 is 14.2 Å². The highest BCUT2D eigenvalue weighted by Gasteiger charge is 2.19. The minimum Gasteiger partial charge on any atom is -0.462 e. The molecular formula is C71H118O6. The third-order valence-electron chi connectivity index (χ3n) is 13.5. The Bertz CT molecular complexity index is 1600. The van der Waals surface area contributed by atoms with Crippen molar-refractivity contribution in [2.75, 3.05) is 13.2 Å². The molecule has 0 N–H and O–H groups in total. The maximum Gasteiger partial charge on any atom is 0.310 e. The summed E-state index contributed by atoms with van der Waals surface area (Å²) in [6.45, 7) is 6.30. The topological polar surface area (TPSA) is 78.9 Å². The molecule has 0 saturated heterocycles. The summed E-state index contributed by atoms with van der Waals surface area (Å²) in [6.07, 6.45) is 89.7. The number of allylic oxidation sites excluding steroid dienone is 19. The van der Waals surface area contributed by atoms with Crippen LogP contribution in [0.4, 0.5) is 0 Å². The molecule has 438 valence electrons. The number of unbranched alkanes of at least 4 members (excludes halogenated alkanes) is 27. The molecule has 77 heavy (non-hydrogen) atoms. The monoisotopic (exact) mass is 1070 g/mol. The Morgan fingerprint density at radius 1 is 0.286 bits per heavy atom. The first-order valence-corrected chi connectivity index (χ1v) is 32.0. The fourth-order valence-electron chi connectivity index (χ4n) is 8.74. The summed E-state index contributed by atoms with van der Waals surface area (Å²) in [5.41, 5.74) is 0. The van der Waals surface area contributed by atoms with Crippen LogP contribution in [0.25, 0.3) is 0 Å². The standard InChI is InChI=1S/C71H118O6/c1-4-7-10-13-16-19-22-25-28-29-30-31-32-33-34-35-36-37-38-39-40-41-44-46-49-52-55-58-61-64-70(73)76-67-68(77-71(74)65-62-59-56-53-50-47-43-27-24-21-18-15-12-9-6-3)66-75-69(72)63-60-57-54-51-48-45-42-26-23-20-17-14-11-8-5-2/h8-9,11-12,17-18,20-21,26-27,29-30,42-43,48,50-51,53,59,62,68H,4-7,10,13-16,19,22-25,28,31-41,44-47,49,52,54-58,60-61,63-67H2,1-3H3/b11-8-,12-9-,20-17-,21-18-,30-29-,42-26-,43-27-,51-48-,53-50-,62-59-. The summed E-state index contributed by atoms with van der Waals surface area (Å²) in [6, 6.07) is 0. The zero-order valence-corrected chi connectivity index (χ0v) is 50.2. The van der Waals surface area contributed by atoms with Gasteiger partial charge in [-0.25, -0.2) is 0 Å². The van der Waals surface area contributed by atoms with E-state index < -0.39 is 12.1 Å². The number of rotatable bonds is 57. The molecule has 6 nitrogen and oxygen atoms in total. The number of hydrogen-bond acceptors (Lipinski definition) is 6. The van der Waals surface area contributed by atoms with Gasteiger partial charge in [0.2, 0.25) is 0 Å².